The molecule has 0 atom stereocenters. The van der Waals surface area contributed by atoms with Crippen molar-refractivity contribution in [2.45, 2.75) is 9.92 Å². The van der Waals surface area contributed by atoms with Crippen LogP contribution < -0.4 is 9.64 Å². The molecule has 1 aromatic heterocycles. The zero-order valence-corrected chi connectivity index (χ0v) is 16.0. The molecule has 0 N–H and O–H groups in total. The summed E-state index contributed by atoms with van der Waals surface area (Å²) < 4.78 is 37.0. The second-order valence-corrected chi connectivity index (χ2v) is 8.01. The monoisotopic (exact) mass is 392 g/mol. The Morgan fingerprint density at radius 2 is 1.81 bits per heavy atom. The third-order valence-corrected chi connectivity index (χ3v) is 5.60. The van der Waals surface area contributed by atoms with E-state index in [2.05, 4.69) is 4.98 Å². The molecule has 8 heteroatoms. The van der Waals surface area contributed by atoms with Gasteiger partial charge in [0.05, 0.1) is 12.0 Å². The minimum Gasteiger partial charge on any atom is -0.497 e. The van der Waals surface area contributed by atoms with E-state index in [1.165, 1.54) is 24.3 Å². The highest BCUT2D eigenvalue weighted by molar-refractivity contribution is 7.91. The lowest BCUT2D eigenvalue weighted by Gasteiger charge is -2.10. The van der Waals surface area contributed by atoms with E-state index >= 15 is 0 Å². The van der Waals surface area contributed by atoms with E-state index in [-0.39, 0.29) is 21.7 Å². The topological polar surface area (TPSA) is 72.6 Å². The zero-order valence-electron chi connectivity index (χ0n) is 14.4. The van der Waals surface area contributed by atoms with Crippen LogP contribution in [0.25, 0.3) is 11.5 Å². The number of oxazole rings is 1. The molecule has 0 unspecified atom stereocenters. The summed E-state index contributed by atoms with van der Waals surface area (Å²) in [6.07, 6.45) is 0. The van der Waals surface area contributed by atoms with Gasteiger partial charge in [-0.1, -0.05) is 17.7 Å². The second-order valence-electron chi connectivity index (χ2n) is 5.71. The third-order valence-electron chi connectivity index (χ3n) is 3.68. The Labute approximate surface area is 156 Å². The van der Waals surface area contributed by atoms with Gasteiger partial charge in [0.2, 0.25) is 26.6 Å². The molecule has 136 valence electrons. The molecule has 0 aliphatic rings. The molecule has 2 aromatic carbocycles. The quantitative estimate of drug-likeness (QED) is 0.655. The van der Waals surface area contributed by atoms with Gasteiger partial charge in [-0.2, -0.15) is 4.98 Å². The third kappa shape index (κ3) is 3.40. The van der Waals surface area contributed by atoms with Gasteiger partial charge in [0.25, 0.3) is 0 Å². The standard InChI is InChI=1S/C18H17ClN2O4S/c1-21(2)18-17(26(22,23)15-9-7-13(19)8-10-15)20-16(25-18)12-5-4-6-14(11-12)24-3/h4-11H,1-3H3. The molecular weight excluding hydrogens is 376 g/mol. The fourth-order valence-corrected chi connectivity index (χ4v) is 3.86. The van der Waals surface area contributed by atoms with E-state index in [1.807, 2.05) is 0 Å². The van der Waals surface area contributed by atoms with Crippen molar-refractivity contribution in [1.82, 2.24) is 4.98 Å². The number of benzene rings is 2. The number of anilines is 1. The maximum atomic E-state index is 13.0. The minimum absolute atomic E-state index is 0.0930. The number of nitrogens with zero attached hydrogens (tertiary/aromatic N) is 2. The molecule has 0 saturated carbocycles. The van der Waals surface area contributed by atoms with E-state index in [1.54, 1.807) is 50.4 Å². The lowest BCUT2D eigenvalue weighted by atomic mass is 10.2. The molecule has 6 nitrogen and oxygen atoms in total. The summed E-state index contributed by atoms with van der Waals surface area (Å²) in [7, 11) is 1.06. The molecule has 0 aliphatic heterocycles. The molecule has 0 bridgehead atoms. The van der Waals surface area contributed by atoms with Crippen molar-refractivity contribution in [2.75, 3.05) is 26.1 Å². The molecule has 3 rings (SSSR count). The Morgan fingerprint density at radius 1 is 1.12 bits per heavy atom. The van der Waals surface area contributed by atoms with Crippen LogP contribution in [0.3, 0.4) is 0 Å². The Hall–Kier alpha value is -2.51. The van der Waals surface area contributed by atoms with Crippen LogP contribution in [-0.2, 0) is 9.84 Å². The van der Waals surface area contributed by atoms with Crippen LogP contribution in [0.1, 0.15) is 0 Å². The van der Waals surface area contributed by atoms with E-state index in [4.69, 9.17) is 20.8 Å². The molecule has 1 heterocycles. The van der Waals surface area contributed by atoms with Crippen LogP contribution in [0.2, 0.25) is 5.02 Å². The number of sulfone groups is 1. The number of halogens is 1. The molecule has 0 aliphatic carbocycles. The maximum Gasteiger partial charge on any atom is 0.235 e. The summed E-state index contributed by atoms with van der Waals surface area (Å²) in [5.74, 6) is 0.965. The van der Waals surface area contributed by atoms with Gasteiger partial charge in [0.1, 0.15) is 5.75 Å². The van der Waals surface area contributed by atoms with Gasteiger partial charge < -0.3 is 14.1 Å². The molecular formula is C18H17ClN2O4S. The van der Waals surface area contributed by atoms with Gasteiger partial charge in [-0.05, 0) is 42.5 Å². The number of hydrogen-bond acceptors (Lipinski definition) is 6. The average molecular weight is 393 g/mol. The van der Waals surface area contributed by atoms with Crippen molar-refractivity contribution in [3.63, 3.8) is 0 Å². The lowest BCUT2D eigenvalue weighted by molar-refractivity contribution is 0.414. The summed E-state index contributed by atoms with van der Waals surface area (Å²) in [6.45, 7) is 0. The highest BCUT2D eigenvalue weighted by Gasteiger charge is 2.29. The first-order valence-corrected chi connectivity index (χ1v) is 9.52. The van der Waals surface area contributed by atoms with Gasteiger partial charge in [-0.15, -0.1) is 0 Å². The largest absolute Gasteiger partial charge is 0.497 e. The Kier molecular flexibility index (Phi) is 4.93. The summed E-state index contributed by atoms with van der Waals surface area (Å²) in [5.41, 5.74) is 0.616. The van der Waals surface area contributed by atoms with Gasteiger partial charge >= 0.3 is 0 Å². The fraction of sp³-hybridized carbons (Fsp3) is 0.167. The smallest absolute Gasteiger partial charge is 0.235 e. The van der Waals surface area contributed by atoms with Gasteiger partial charge in [-0.3, -0.25) is 0 Å². The average Bonchev–Trinajstić information content (AvgIpc) is 3.09. The molecule has 26 heavy (non-hydrogen) atoms. The highest BCUT2D eigenvalue weighted by Crippen LogP contribution is 2.34. The SMILES string of the molecule is COc1cccc(-c2nc(S(=O)(=O)c3ccc(Cl)cc3)c(N(C)C)o2)c1. The number of methoxy groups -OCH3 is 1. The van der Waals surface area contributed by atoms with Crippen LogP contribution in [-0.4, -0.2) is 34.6 Å². The van der Waals surface area contributed by atoms with Crippen molar-refractivity contribution in [3.05, 3.63) is 53.6 Å². The maximum absolute atomic E-state index is 13.0. The van der Waals surface area contributed by atoms with Crippen molar-refractivity contribution in [2.24, 2.45) is 0 Å². The molecule has 0 fully saturated rings. The number of ether oxygens (including phenoxy) is 1. The van der Waals surface area contributed by atoms with Gasteiger partial charge in [-0.25, -0.2) is 8.42 Å². The Morgan fingerprint density at radius 3 is 2.42 bits per heavy atom. The highest BCUT2D eigenvalue weighted by atomic mass is 35.5. The molecule has 0 saturated heterocycles. The molecule has 0 radical (unpaired) electrons. The van der Waals surface area contributed by atoms with Gasteiger partial charge in [0, 0.05) is 24.7 Å². The summed E-state index contributed by atoms with van der Waals surface area (Å²) >= 11 is 5.85. The first-order valence-electron chi connectivity index (χ1n) is 7.66. The summed E-state index contributed by atoms with van der Waals surface area (Å²) in [4.78, 5) is 5.92. The predicted molar refractivity (Wildman–Crippen MR) is 99.7 cm³/mol. The van der Waals surface area contributed by atoms with Crippen molar-refractivity contribution >= 4 is 27.3 Å². The number of hydrogen-bond donors (Lipinski definition) is 0. The Balaban J connectivity index is 2.15. The summed E-state index contributed by atoms with van der Waals surface area (Å²) in [6, 6.07) is 13.0. The van der Waals surface area contributed by atoms with E-state index in [0.29, 0.717) is 16.3 Å². The van der Waals surface area contributed by atoms with Crippen LogP contribution in [0.5, 0.6) is 5.75 Å². The summed E-state index contributed by atoms with van der Waals surface area (Å²) in [5, 5.41) is 0.302. The predicted octanol–water partition coefficient (Wildman–Crippen LogP) is 3.90. The molecule has 0 amide bonds. The number of rotatable bonds is 5. The van der Waals surface area contributed by atoms with Crippen LogP contribution in [0, 0.1) is 0 Å². The van der Waals surface area contributed by atoms with Crippen molar-refractivity contribution in [3.8, 4) is 17.2 Å². The van der Waals surface area contributed by atoms with E-state index < -0.39 is 9.84 Å². The zero-order chi connectivity index (χ0) is 18.9. The van der Waals surface area contributed by atoms with E-state index in [9.17, 15) is 8.42 Å². The van der Waals surface area contributed by atoms with Crippen molar-refractivity contribution in [1.29, 1.82) is 0 Å². The second kappa shape index (κ2) is 7.01. The van der Waals surface area contributed by atoms with Crippen LogP contribution in [0.15, 0.2) is 62.9 Å². The fourth-order valence-electron chi connectivity index (χ4n) is 2.36. The normalized spacial score (nSPS) is 11.4. The Bertz CT molecular complexity index is 1030. The van der Waals surface area contributed by atoms with Crippen molar-refractivity contribution < 1.29 is 17.6 Å². The molecule has 3 aromatic rings. The lowest BCUT2D eigenvalue weighted by Crippen LogP contribution is -2.13. The molecule has 0 spiro atoms. The van der Waals surface area contributed by atoms with Crippen LogP contribution >= 0.6 is 11.6 Å². The van der Waals surface area contributed by atoms with E-state index in [0.717, 1.165) is 0 Å². The first-order chi connectivity index (χ1) is 12.3. The number of aromatic nitrogens is 1. The minimum atomic E-state index is -3.87. The van der Waals surface area contributed by atoms with Crippen LogP contribution in [0.4, 0.5) is 5.88 Å². The first kappa shape index (κ1) is 18.3. The van der Waals surface area contributed by atoms with Gasteiger partial charge in [0.15, 0.2) is 0 Å².